The van der Waals surface area contributed by atoms with Gasteiger partial charge in [0.1, 0.15) is 0 Å². The Bertz CT molecular complexity index is 2890. The van der Waals surface area contributed by atoms with Crippen molar-refractivity contribution in [3.05, 3.63) is 199 Å². The molecule has 0 unspecified atom stereocenters. The number of hydrogen-bond acceptors (Lipinski definition) is 1. The zero-order chi connectivity index (χ0) is 40.0. The fourth-order valence-corrected chi connectivity index (χ4v) is 12.8. The molecule has 4 bridgehead atoms. The van der Waals surface area contributed by atoms with E-state index in [1.54, 1.807) is 5.56 Å². The maximum Gasteiger partial charge on any atom is 0.0540 e. The van der Waals surface area contributed by atoms with Gasteiger partial charge in [0.05, 0.1) is 11.4 Å². The summed E-state index contributed by atoms with van der Waals surface area (Å²) in [4.78, 5) is 2.54. The van der Waals surface area contributed by atoms with Crippen LogP contribution in [0.5, 0.6) is 0 Å². The molecule has 0 radical (unpaired) electrons. The van der Waals surface area contributed by atoms with Crippen LogP contribution in [-0.2, 0) is 10.8 Å². The maximum atomic E-state index is 2.54. The smallest absolute Gasteiger partial charge is 0.0540 e. The lowest BCUT2D eigenvalue weighted by atomic mass is 9.48. The molecular formula is C59H51N. The van der Waals surface area contributed by atoms with E-state index in [-0.39, 0.29) is 5.41 Å². The minimum absolute atomic E-state index is 0.128. The predicted molar refractivity (Wildman–Crippen MR) is 252 cm³/mol. The standard InChI is InChI=1S/C59H51N/c1-58(2)54-21-10-8-18-50(54)51-29-28-47(35-55(51)58)60(56-22-11-9-19-52(56)49-20-12-16-43-15-6-7-17-48(43)49)57-30-25-45(34-53(57)44-13-4-3-5-14-44)42-23-26-46(27-24-42)59-36-39-31-40(37-59)33-41(32-39)38-59/h3-30,34-35,39-41H,31-33,36-38H2,1-2H3. The first-order valence-corrected chi connectivity index (χ1v) is 22.3. The molecule has 8 aromatic carbocycles. The third kappa shape index (κ3) is 5.66. The van der Waals surface area contributed by atoms with Crippen LogP contribution in [-0.4, -0.2) is 0 Å². The Balaban J connectivity index is 1.04. The summed E-state index contributed by atoms with van der Waals surface area (Å²) >= 11 is 0. The highest BCUT2D eigenvalue weighted by Crippen LogP contribution is 2.61. The van der Waals surface area contributed by atoms with Gasteiger partial charge in [0.15, 0.2) is 0 Å². The quantitative estimate of drug-likeness (QED) is 0.156. The molecule has 5 aliphatic carbocycles. The molecule has 8 aromatic rings. The highest BCUT2D eigenvalue weighted by atomic mass is 15.1. The summed E-state index contributed by atoms with van der Waals surface area (Å²) in [6.07, 6.45) is 8.62. The first-order valence-electron chi connectivity index (χ1n) is 22.3. The number of rotatable bonds is 7. The first kappa shape index (κ1) is 35.7. The van der Waals surface area contributed by atoms with Crippen molar-refractivity contribution in [2.24, 2.45) is 17.8 Å². The van der Waals surface area contributed by atoms with Crippen molar-refractivity contribution in [3.8, 4) is 44.5 Å². The number of benzene rings is 8. The molecule has 1 nitrogen and oxygen atoms in total. The summed E-state index contributed by atoms with van der Waals surface area (Å²) in [5.41, 5.74) is 18.2. The number of hydrogen-bond donors (Lipinski definition) is 0. The summed E-state index contributed by atoms with van der Waals surface area (Å²) in [6, 6.07) is 68.7. The number of fused-ring (bicyclic) bond motifs is 4. The van der Waals surface area contributed by atoms with E-state index >= 15 is 0 Å². The Morgan fingerprint density at radius 2 is 1.02 bits per heavy atom. The Morgan fingerprint density at radius 1 is 0.417 bits per heavy atom. The molecule has 4 saturated carbocycles. The van der Waals surface area contributed by atoms with E-state index in [0.717, 1.165) is 34.8 Å². The molecule has 0 N–H and O–H groups in total. The molecular weight excluding hydrogens is 723 g/mol. The summed E-state index contributed by atoms with van der Waals surface area (Å²) in [5.74, 6) is 2.83. The van der Waals surface area contributed by atoms with Crippen molar-refractivity contribution in [1.29, 1.82) is 0 Å². The van der Waals surface area contributed by atoms with Crippen LogP contribution in [0.25, 0.3) is 55.3 Å². The van der Waals surface area contributed by atoms with Gasteiger partial charge in [-0.3, -0.25) is 0 Å². The van der Waals surface area contributed by atoms with E-state index in [1.807, 2.05) is 0 Å². The molecule has 0 atom stereocenters. The molecule has 13 rings (SSSR count). The predicted octanol–water partition coefficient (Wildman–Crippen LogP) is 16.1. The third-order valence-electron chi connectivity index (χ3n) is 15.2. The average Bonchev–Trinajstić information content (AvgIpc) is 3.51. The van der Waals surface area contributed by atoms with E-state index in [0.29, 0.717) is 5.41 Å². The van der Waals surface area contributed by atoms with Crippen molar-refractivity contribution in [1.82, 2.24) is 0 Å². The lowest BCUT2D eigenvalue weighted by molar-refractivity contribution is -0.00518. The van der Waals surface area contributed by atoms with Gasteiger partial charge in [-0.05, 0) is 153 Å². The van der Waals surface area contributed by atoms with Gasteiger partial charge in [-0.1, -0.05) is 166 Å². The average molecular weight is 774 g/mol. The Morgan fingerprint density at radius 3 is 1.80 bits per heavy atom. The van der Waals surface area contributed by atoms with Gasteiger partial charge in [0.25, 0.3) is 0 Å². The normalized spacial score (nSPS) is 21.8. The fourth-order valence-electron chi connectivity index (χ4n) is 12.8. The van der Waals surface area contributed by atoms with Crippen molar-refractivity contribution >= 4 is 27.8 Å². The van der Waals surface area contributed by atoms with Crippen LogP contribution in [0, 0.1) is 17.8 Å². The molecule has 292 valence electrons. The van der Waals surface area contributed by atoms with E-state index in [4.69, 9.17) is 0 Å². The molecule has 0 aliphatic heterocycles. The third-order valence-corrected chi connectivity index (χ3v) is 15.2. The molecule has 0 spiro atoms. The summed E-state index contributed by atoms with van der Waals surface area (Å²) in [6.45, 7) is 4.77. The molecule has 5 aliphatic rings. The zero-order valence-corrected chi connectivity index (χ0v) is 34.7. The van der Waals surface area contributed by atoms with Gasteiger partial charge in [-0.2, -0.15) is 0 Å². The molecule has 0 amide bonds. The highest BCUT2D eigenvalue weighted by molar-refractivity contribution is 6.03. The lowest BCUT2D eigenvalue weighted by Gasteiger charge is -2.57. The molecule has 60 heavy (non-hydrogen) atoms. The SMILES string of the molecule is CC1(C)c2ccccc2-c2ccc(N(c3ccc(-c4ccc(C56CC7CC(CC(C7)C5)C6)cc4)cc3-c3ccccc3)c3ccccc3-c3cccc4ccccc34)cc21. The van der Waals surface area contributed by atoms with Crippen LogP contribution in [0.15, 0.2) is 182 Å². The minimum Gasteiger partial charge on any atom is -0.309 e. The van der Waals surface area contributed by atoms with Crippen LogP contribution >= 0.6 is 0 Å². The summed E-state index contributed by atoms with van der Waals surface area (Å²) in [7, 11) is 0. The van der Waals surface area contributed by atoms with E-state index < -0.39 is 0 Å². The number of nitrogens with zero attached hydrogens (tertiary/aromatic N) is 1. The molecule has 4 fully saturated rings. The van der Waals surface area contributed by atoms with Gasteiger partial charge in [-0.15, -0.1) is 0 Å². The van der Waals surface area contributed by atoms with Crippen LogP contribution in [0.2, 0.25) is 0 Å². The summed E-state index contributed by atoms with van der Waals surface area (Å²) in [5, 5.41) is 2.51. The molecule has 0 saturated heterocycles. The van der Waals surface area contributed by atoms with Crippen molar-refractivity contribution in [3.63, 3.8) is 0 Å². The second-order valence-electron chi connectivity index (χ2n) is 19.2. The zero-order valence-electron chi connectivity index (χ0n) is 34.7. The second-order valence-corrected chi connectivity index (χ2v) is 19.2. The monoisotopic (exact) mass is 773 g/mol. The van der Waals surface area contributed by atoms with Crippen LogP contribution in [0.3, 0.4) is 0 Å². The van der Waals surface area contributed by atoms with E-state index in [2.05, 4.69) is 201 Å². The van der Waals surface area contributed by atoms with Crippen LogP contribution < -0.4 is 4.90 Å². The largest absolute Gasteiger partial charge is 0.309 e. The van der Waals surface area contributed by atoms with Crippen LogP contribution in [0.1, 0.15) is 69.1 Å². The topological polar surface area (TPSA) is 3.24 Å². The van der Waals surface area contributed by atoms with Gasteiger partial charge in [-0.25, -0.2) is 0 Å². The molecule has 0 heterocycles. The summed E-state index contributed by atoms with van der Waals surface area (Å²) < 4.78 is 0. The number of para-hydroxylation sites is 1. The number of anilines is 3. The van der Waals surface area contributed by atoms with Gasteiger partial charge in [0, 0.05) is 22.2 Å². The second kappa shape index (κ2) is 13.7. The van der Waals surface area contributed by atoms with Crippen molar-refractivity contribution in [2.75, 3.05) is 4.90 Å². The van der Waals surface area contributed by atoms with Gasteiger partial charge < -0.3 is 4.90 Å². The van der Waals surface area contributed by atoms with Gasteiger partial charge in [0.2, 0.25) is 0 Å². The van der Waals surface area contributed by atoms with Crippen LogP contribution in [0.4, 0.5) is 17.1 Å². The van der Waals surface area contributed by atoms with Crippen molar-refractivity contribution < 1.29 is 0 Å². The van der Waals surface area contributed by atoms with Gasteiger partial charge >= 0.3 is 0 Å². The van der Waals surface area contributed by atoms with E-state index in [1.165, 1.54) is 105 Å². The fraction of sp³-hybridized carbons (Fsp3) is 0.220. The lowest BCUT2D eigenvalue weighted by Crippen LogP contribution is -2.48. The minimum atomic E-state index is -0.128. The first-order chi connectivity index (χ1) is 29.4. The Kier molecular flexibility index (Phi) is 8.15. The Hall–Kier alpha value is -6.18. The van der Waals surface area contributed by atoms with E-state index in [9.17, 15) is 0 Å². The Labute approximate surface area is 355 Å². The maximum absolute atomic E-state index is 2.54. The molecule has 1 heteroatoms. The highest BCUT2D eigenvalue weighted by Gasteiger charge is 2.51. The van der Waals surface area contributed by atoms with Crippen molar-refractivity contribution in [2.45, 2.75) is 63.2 Å². The molecule has 0 aromatic heterocycles.